The van der Waals surface area contributed by atoms with Crippen LogP contribution < -0.4 is 0 Å². The molecular weight excluding hydrogens is 304 g/mol. The molecule has 1 saturated heterocycles. The Morgan fingerprint density at radius 2 is 2.28 bits per heavy atom. The topological polar surface area (TPSA) is 61.8 Å². The first kappa shape index (κ1) is 15.4. The molecule has 0 N–H and O–H groups in total. The van der Waals surface area contributed by atoms with E-state index in [1.54, 1.807) is 6.92 Å². The highest BCUT2D eigenvalue weighted by molar-refractivity contribution is 9.10. The number of hydrogen-bond donors (Lipinski definition) is 0. The first-order valence-corrected chi connectivity index (χ1v) is 6.84. The lowest BCUT2D eigenvalue weighted by Crippen LogP contribution is -2.38. The molecule has 1 aliphatic heterocycles. The molecular formula is C12H19BrO5. The minimum atomic E-state index is -1.37. The van der Waals surface area contributed by atoms with Crippen molar-refractivity contribution < 1.29 is 23.8 Å². The number of rotatable bonds is 6. The first-order chi connectivity index (χ1) is 8.40. The van der Waals surface area contributed by atoms with Gasteiger partial charge in [0, 0.05) is 13.0 Å². The Bertz CT molecular complexity index is 318. The van der Waals surface area contributed by atoms with E-state index in [0.29, 0.717) is 19.1 Å². The van der Waals surface area contributed by atoms with Gasteiger partial charge in [0.15, 0.2) is 0 Å². The van der Waals surface area contributed by atoms with Gasteiger partial charge in [0.25, 0.3) is 0 Å². The molecule has 5 nitrogen and oxygen atoms in total. The van der Waals surface area contributed by atoms with E-state index in [4.69, 9.17) is 14.2 Å². The van der Waals surface area contributed by atoms with Gasteiger partial charge in [0.1, 0.15) is 6.10 Å². The Balaban J connectivity index is 2.50. The van der Waals surface area contributed by atoms with Crippen LogP contribution in [0.4, 0.5) is 0 Å². The summed E-state index contributed by atoms with van der Waals surface area (Å²) in [7, 11) is 0. The summed E-state index contributed by atoms with van der Waals surface area (Å²) in [5, 5.41) is 0. The van der Waals surface area contributed by atoms with Gasteiger partial charge in [-0.2, -0.15) is 0 Å². The van der Waals surface area contributed by atoms with E-state index < -0.39 is 22.4 Å². The number of ether oxygens (including phenoxy) is 3. The van der Waals surface area contributed by atoms with Crippen molar-refractivity contribution in [2.24, 2.45) is 5.92 Å². The monoisotopic (exact) mass is 322 g/mol. The van der Waals surface area contributed by atoms with Crippen molar-refractivity contribution in [3.63, 3.8) is 0 Å². The molecule has 0 aromatic heterocycles. The smallest absolute Gasteiger partial charge is 0.334 e. The average molecular weight is 323 g/mol. The summed E-state index contributed by atoms with van der Waals surface area (Å²) < 4.78 is 14.0. The van der Waals surface area contributed by atoms with Crippen molar-refractivity contribution >= 4 is 27.9 Å². The molecule has 2 unspecified atom stereocenters. The summed E-state index contributed by atoms with van der Waals surface area (Å²) in [5.41, 5.74) is 0. The number of hydrogen-bond acceptors (Lipinski definition) is 5. The normalized spacial score (nSPS) is 27.4. The fourth-order valence-corrected chi connectivity index (χ4v) is 2.19. The number of carbonyl (C=O) groups excluding carboxylic acids is 2. The lowest BCUT2D eigenvalue weighted by Gasteiger charge is -2.14. The second-order valence-electron chi connectivity index (χ2n) is 4.68. The van der Waals surface area contributed by atoms with Crippen LogP contribution in [0.15, 0.2) is 0 Å². The fourth-order valence-electron chi connectivity index (χ4n) is 1.62. The third-order valence-electron chi connectivity index (χ3n) is 2.46. The van der Waals surface area contributed by atoms with E-state index in [2.05, 4.69) is 15.9 Å². The van der Waals surface area contributed by atoms with Crippen molar-refractivity contribution in [3.05, 3.63) is 0 Å². The van der Waals surface area contributed by atoms with E-state index in [0.717, 1.165) is 0 Å². The molecule has 0 aliphatic carbocycles. The SMILES string of the molecule is CCOC(=O)C1(Br)CC(COCC(C)C)OC1=O. The maximum Gasteiger partial charge on any atom is 0.334 e. The summed E-state index contributed by atoms with van der Waals surface area (Å²) in [6.07, 6.45) is -0.164. The standard InChI is InChI=1S/C12H19BrO5/c1-4-17-10(14)12(13)5-9(18-11(12)15)7-16-6-8(2)3/h8-9H,4-7H2,1-3H3. The summed E-state index contributed by atoms with van der Waals surface area (Å²) in [5.74, 6) is -0.777. The highest BCUT2D eigenvalue weighted by Gasteiger charge is 2.54. The molecule has 0 amide bonds. The zero-order chi connectivity index (χ0) is 13.8. The van der Waals surface area contributed by atoms with Crippen LogP contribution in [0, 0.1) is 5.92 Å². The Morgan fingerprint density at radius 1 is 1.61 bits per heavy atom. The van der Waals surface area contributed by atoms with Gasteiger partial charge in [-0.25, -0.2) is 9.59 Å². The van der Waals surface area contributed by atoms with Crippen LogP contribution in [0.25, 0.3) is 0 Å². The Hall–Kier alpha value is -0.620. The second kappa shape index (κ2) is 6.52. The fraction of sp³-hybridized carbons (Fsp3) is 0.833. The zero-order valence-corrected chi connectivity index (χ0v) is 12.5. The van der Waals surface area contributed by atoms with Crippen LogP contribution in [-0.2, 0) is 23.8 Å². The van der Waals surface area contributed by atoms with Crippen LogP contribution in [0.3, 0.4) is 0 Å². The Morgan fingerprint density at radius 3 is 2.83 bits per heavy atom. The molecule has 1 aliphatic rings. The molecule has 0 aromatic rings. The molecule has 1 rings (SSSR count). The van der Waals surface area contributed by atoms with Crippen LogP contribution in [0.2, 0.25) is 0 Å². The molecule has 0 radical (unpaired) electrons. The van der Waals surface area contributed by atoms with Crippen molar-refractivity contribution in [3.8, 4) is 0 Å². The molecule has 1 fully saturated rings. The summed E-state index contributed by atoms with van der Waals surface area (Å²) >= 11 is 3.13. The molecule has 18 heavy (non-hydrogen) atoms. The van der Waals surface area contributed by atoms with Gasteiger partial charge in [-0.1, -0.05) is 29.8 Å². The summed E-state index contributed by atoms with van der Waals surface area (Å²) in [6, 6.07) is 0. The highest BCUT2D eigenvalue weighted by Crippen LogP contribution is 2.35. The van der Waals surface area contributed by atoms with Crippen LogP contribution in [-0.4, -0.2) is 42.2 Å². The van der Waals surface area contributed by atoms with Gasteiger partial charge >= 0.3 is 11.9 Å². The van der Waals surface area contributed by atoms with Gasteiger partial charge in [-0.3, -0.25) is 0 Å². The molecule has 104 valence electrons. The minimum absolute atomic E-state index is 0.230. The number of cyclic esters (lactones) is 1. The highest BCUT2D eigenvalue weighted by atomic mass is 79.9. The van der Waals surface area contributed by atoms with Gasteiger partial charge in [0.05, 0.1) is 13.2 Å². The minimum Gasteiger partial charge on any atom is -0.465 e. The molecule has 0 aromatic carbocycles. The quantitative estimate of drug-likeness (QED) is 0.423. The third-order valence-corrected chi connectivity index (χ3v) is 3.43. The van der Waals surface area contributed by atoms with Crippen LogP contribution in [0.1, 0.15) is 27.2 Å². The number of carbonyl (C=O) groups is 2. The number of alkyl halides is 1. The van der Waals surface area contributed by atoms with E-state index >= 15 is 0 Å². The Labute approximate surface area is 115 Å². The van der Waals surface area contributed by atoms with Crippen molar-refractivity contribution in [1.82, 2.24) is 0 Å². The zero-order valence-electron chi connectivity index (χ0n) is 10.9. The molecule has 0 saturated carbocycles. The number of halogens is 1. The lowest BCUT2D eigenvalue weighted by molar-refractivity contribution is -0.154. The van der Waals surface area contributed by atoms with Gasteiger partial charge in [-0.15, -0.1) is 0 Å². The van der Waals surface area contributed by atoms with E-state index in [1.165, 1.54) is 0 Å². The van der Waals surface area contributed by atoms with Gasteiger partial charge in [0.2, 0.25) is 4.32 Å². The molecule has 6 heteroatoms. The van der Waals surface area contributed by atoms with Crippen molar-refractivity contribution in [2.45, 2.75) is 37.6 Å². The maximum absolute atomic E-state index is 11.7. The van der Waals surface area contributed by atoms with E-state index in [1.807, 2.05) is 13.8 Å². The largest absolute Gasteiger partial charge is 0.465 e. The van der Waals surface area contributed by atoms with Crippen LogP contribution >= 0.6 is 15.9 Å². The summed E-state index contributed by atoms with van der Waals surface area (Å²) in [4.78, 5) is 23.4. The summed E-state index contributed by atoms with van der Waals surface area (Å²) in [6.45, 7) is 6.90. The maximum atomic E-state index is 11.7. The predicted octanol–water partition coefficient (Wildman–Crippen LogP) is 1.67. The second-order valence-corrected chi connectivity index (χ2v) is 6.04. The lowest BCUT2D eigenvalue weighted by atomic mass is 10.1. The average Bonchev–Trinajstić information content (AvgIpc) is 2.56. The van der Waals surface area contributed by atoms with Gasteiger partial charge < -0.3 is 14.2 Å². The molecule has 2 atom stereocenters. The predicted molar refractivity (Wildman–Crippen MR) is 68.4 cm³/mol. The first-order valence-electron chi connectivity index (χ1n) is 6.05. The number of esters is 2. The van der Waals surface area contributed by atoms with Crippen LogP contribution in [0.5, 0.6) is 0 Å². The molecule has 0 spiro atoms. The Kier molecular flexibility index (Phi) is 5.59. The van der Waals surface area contributed by atoms with E-state index in [-0.39, 0.29) is 13.0 Å². The van der Waals surface area contributed by atoms with Crippen molar-refractivity contribution in [1.29, 1.82) is 0 Å². The molecule has 1 heterocycles. The third kappa shape index (κ3) is 3.68. The van der Waals surface area contributed by atoms with Gasteiger partial charge in [-0.05, 0) is 12.8 Å². The van der Waals surface area contributed by atoms with E-state index in [9.17, 15) is 9.59 Å². The molecule has 0 bridgehead atoms. The van der Waals surface area contributed by atoms with Crippen molar-refractivity contribution in [2.75, 3.05) is 19.8 Å².